The molecule has 0 saturated heterocycles. The predicted molar refractivity (Wildman–Crippen MR) is 64.0 cm³/mol. The van der Waals surface area contributed by atoms with E-state index in [9.17, 15) is 0 Å². The Morgan fingerprint density at radius 2 is 1.94 bits per heavy atom. The molecule has 0 spiro atoms. The molecule has 0 aliphatic carbocycles. The minimum atomic E-state index is 0.292. The van der Waals surface area contributed by atoms with E-state index in [2.05, 4.69) is 15.0 Å². The maximum Gasteiger partial charge on any atom is 0.220 e. The number of pyridine rings is 1. The summed E-state index contributed by atoms with van der Waals surface area (Å²) in [5.41, 5.74) is 8.39. The first kappa shape index (κ1) is 9.03. The third-order valence-corrected chi connectivity index (χ3v) is 2.58. The lowest BCUT2D eigenvalue weighted by atomic mass is 10.1. The number of aromatic nitrogens is 3. The lowest BCUT2D eigenvalue weighted by Crippen LogP contribution is -1.95. The maximum absolute atomic E-state index is 5.60. The fraction of sp³-hybridized carbons (Fsp3) is 0.0833. The topological polar surface area (TPSA) is 64.7 Å². The Hall–Kier alpha value is -2.23. The van der Waals surface area contributed by atoms with Crippen LogP contribution in [0.5, 0.6) is 0 Å². The molecule has 0 bridgehead atoms. The van der Waals surface area contributed by atoms with Crippen LogP contribution >= 0.6 is 0 Å². The van der Waals surface area contributed by atoms with Crippen molar-refractivity contribution in [3.8, 4) is 0 Å². The van der Waals surface area contributed by atoms with E-state index in [0.717, 1.165) is 27.5 Å². The van der Waals surface area contributed by atoms with Gasteiger partial charge in [-0.15, -0.1) is 0 Å². The summed E-state index contributed by atoms with van der Waals surface area (Å²) in [4.78, 5) is 12.7. The fourth-order valence-electron chi connectivity index (χ4n) is 1.82. The van der Waals surface area contributed by atoms with Crippen LogP contribution in [0.4, 0.5) is 5.95 Å². The van der Waals surface area contributed by atoms with Gasteiger partial charge in [-0.05, 0) is 31.2 Å². The molecule has 0 fully saturated rings. The third-order valence-electron chi connectivity index (χ3n) is 2.58. The van der Waals surface area contributed by atoms with Gasteiger partial charge in [0.25, 0.3) is 0 Å². The molecule has 0 radical (unpaired) electrons. The van der Waals surface area contributed by atoms with Crippen molar-refractivity contribution in [3.63, 3.8) is 0 Å². The Morgan fingerprint density at radius 1 is 1.06 bits per heavy atom. The normalized spacial score (nSPS) is 11.1. The molecule has 0 aliphatic heterocycles. The van der Waals surface area contributed by atoms with Crippen LogP contribution in [0, 0.1) is 6.92 Å². The second-order valence-electron chi connectivity index (χ2n) is 3.75. The van der Waals surface area contributed by atoms with Crippen molar-refractivity contribution in [2.75, 3.05) is 5.73 Å². The number of hydrogen-bond donors (Lipinski definition) is 1. The van der Waals surface area contributed by atoms with Gasteiger partial charge in [-0.2, -0.15) is 0 Å². The van der Waals surface area contributed by atoms with E-state index in [1.54, 1.807) is 6.20 Å². The van der Waals surface area contributed by atoms with E-state index >= 15 is 0 Å². The van der Waals surface area contributed by atoms with Gasteiger partial charge >= 0.3 is 0 Å². The Labute approximate surface area is 92.2 Å². The molecule has 0 unspecified atom stereocenters. The number of anilines is 1. The highest BCUT2D eigenvalue weighted by Gasteiger charge is 2.03. The number of nitrogens with two attached hydrogens (primary N) is 1. The summed E-state index contributed by atoms with van der Waals surface area (Å²) in [7, 11) is 0. The van der Waals surface area contributed by atoms with Crippen LogP contribution < -0.4 is 5.73 Å². The van der Waals surface area contributed by atoms with Gasteiger partial charge in [0.15, 0.2) is 0 Å². The highest BCUT2D eigenvalue weighted by Crippen LogP contribution is 2.22. The van der Waals surface area contributed by atoms with E-state index in [0.29, 0.717) is 5.95 Å². The molecule has 1 aromatic carbocycles. The lowest BCUT2D eigenvalue weighted by molar-refractivity contribution is 1.23. The maximum atomic E-state index is 5.60. The first-order valence-corrected chi connectivity index (χ1v) is 5.02. The molecule has 16 heavy (non-hydrogen) atoms. The van der Waals surface area contributed by atoms with Crippen molar-refractivity contribution in [2.24, 2.45) is 0 Å². The van der Waals surface area contributed by atoms with Gasteiger partial charge in [0.05, 0.1) is 11.0 Å². The number of fused-ring (bicyclic) bond motifs is 3. The Kier molecular flexibility index (Phi) is 1.77. The van der Waals surface area contributed by atoms with Crippen molar-refractivity contribution in [1.29, 1.82) is 0 Å². The van der Waals surface area contributed by atoms with Crippen LogP contribution in [0.1, 0.15) is 5.69 Å². The molecule has 4 heteroatoms. The van der Waals surface area contributed by atoms with Gasteiger partial charge in [-0.3, -0.25) is 4.98 Å². The lowest BCUT2D eigenvalue weighted by Gasteiger charge is -2.03. The number of nitrogen functional groups attached to an aromatic ring is 1. The molecule has 3 aromatic rings. The van der Waals surface area contributed by atoms with E-state index in [-0.39, 0.29) is 0 Å². The molecule has 2 aromatic heterocycles. The summed E-state index contributed by atoms with van der Waals surface area (Å²) in [6.45, 7) is 1.97. The first-order valence-electron chi connectivity index (χ1n) is 5.02. The van der Waals surface area contributed by atoms with Crippen molar-refractivity contribution < 1.29 is 0 Å². The first-order chi connectivity index (χ1) is 7.74. The minimum absolute atomic E-state index is 0.292. The molecule has 0 atom stereocenters. The van der Waals surface area contributed by atoms with Gasteiger partial charge in [-0.1, -0.05) is 0 Å². The van der Waals surface area contributed by atoms with Crippen LogP contribution in [0.3, 0.4) is 0 Å². The molecule has 2 N–H and O–H groups in total. The smallest absolute Gasteiger partial charge is 0.220 e. The molecular weight excluding hydrogens is 200 g/mol. The Bertz CT molecular complexity index is 691. The van der Waals surface area contributed by atoms with Gasteiger partial charge in [-0.25, -0.2) is 9.97 Å². The number of nitrogens with zero attached hydrogens (tertiary/aromatic N) is 3. The Balaban J connectivity index is 2.52. The molecule has 4 nitrogen and oxygen atoms in total. The summed E-state index contributed by atoms with van der Waals surface area (Å²) >= 11 is 0. The molecule has 0 aliphatic rings. The minimum Gasteiger partial charge on any atom is -0.368 e. The van der Waals surface area contributed by atoms with Crippen LogP contribution in [0.2, 0.25) is 0 Å². The zero-order chi connectivity index (χ0) is 11.1. The molecule has 3 rings (SSSR count). The largest absolute Gasteiger partial charge is 0.368 e. The van der Waals surface area contributed by atoms with E-state index < -0.39 is 0 Å². The van der Waals surface area contributed by atoms with E-state index in [1.165, 1.54) is 0 Å². The van der Waals surface area contributed by atoms with Crippen LogP contribution in [-0.2, 0) is 0 Å². The Morgan fingerprint density at radius 3 is 2.81 bits per heavy atom. The van der Waals surface area contributed by atoms with Crippen molar-refractivity contribution in [3.05, 3.63) is 36.2 Å². The summed E-state index contributed by atoms with van der Waals surface area (Å²) in [5.74, 6) is 0.292. The summed E-state index contributed by atoms with van der Waals surface area (Å²) in [6, 6.07) is 7.93. The highest BCUT2D eigenvalue weighted by molar-refractivity contribution is 6.03. The number of benzene rings is 1. The van der Waals surface area contributed by atoms with E-state index in [4.69, 9.17) is 5.73 Å². The summed E-state index contributed by atoms with van der Waals surface area (Å²) in [6.07, 6.45) is 1.73. The van der Waals surface area contributed by atoms with Gasteiger partial charge in [0, 0.05) is 22.7 Å². The zero-order valence-corrected chi connectivity index (χ0v) is 8.81. The standard InChI is InChI=1S/C12H10N4/c1-7-2-4-9-10(15-7)5-3-8-6-14-12(13)16-11(8)9/h2-6H,1H3,(H2,13,14,16). The molecular formula is C12H10N4. The SMILES string of the molecule is Cc1ccc2c(ccc3cnc(N)nc32)n1. The zero-order valence-electron chi connectivity index (χ0n) is 8.81. The van der Waals surface area contributed by atoms with Crippen molar-refractivity contribution in [2.45, 2.75) is 6.92 Å². The molecule has 78 valence electrons. The quantitative estimate of drug-likeness (QED) is 0.577. The van der Waals surface area contributed by atoms with Crippen molar-refractivity contribution in [1.82, 2.24) is 15.0 Å². The average Bonchev–Trinajstić information content (AvgIpc) is 2.28. The summed E-state index contributed by atoms with van der Waals surface area (Å²) in [5, 5.41) is 1.99. The van der Waals surface area contributed by atoms with Crippen LogP contribution in [0.25, 0.3) is 21.8 Å². The van der Waals surface area contributed by atoms with Crippen LogP contribution in [0.15, 0.2) is 30.5 Å². The average molecular weight is 210 g/mol. The highest BCUT2D eigenvalue weighted by atomic mass is 15.0. The fourth-order valence-corrected chi connectivity index (χ4v) is 1.82. The number of rotatable bonds is 0. The second-order valence-corrected chi connectivity index (χ2v) is 3.75. The van der Waals surface area contributed by atoms with Gasteiger partial charge in [0.2, 0.25) is 5.95 Å². The van der Waals surface area contributed by atoms with Gasteiger partial charge in [0.1, 0.15) is 0 Å². The molecule has 0 amide bonds. The van der Waals surface area contributed by atoms with E-state index in [1.807, 2.05) is 31.2 Å². The summed E-state index contributed by atoms with van der Waals surface area (Å²) < 4.78 is 0. The van der Waals surface area contributed by atoms with Crippen molar-refractivity contribution >= 4 is 27.8 Å². The number of hydrogen-bond acceptors (Lipinski definition) is 4. The number of aryl methyl sites for hydroxylation is 1. The molecule has 0 saturated carbocycles. The molecule has 2 heterocycles. The third kappa shape index (κ3) is 1.27. The monoisotopic (exact) mass is 210 g/mol. The predicted octanol–water partition coefficient (Wildman–Crippen LogP) is 2.07. The second kappa shape index (κ2) is 3.13. The van der Waals surface area contributed by atoms with Gasteiger partial charge < -0.3 is 5.73 Å². The van der Waals surface area contributed by atoms with Crippen LogP contribution in [-0.4, -0.2) is 15.0 Å².